The van der Waals surface area contributed by atoms with Crippen LogP contribution in [0.2, 0.25) is 5.02 Å². The Morgan fingerprint density at radius 2 is 1.87 bits per heavy atom. The van der Waals surface area contributed by atoms with Crippen LogP contribution in [0.5, 0.6) is 0 Å². The van der Waals surface area contributed by atoms with Gasteiger partial charge in [-0.3, -0.25) is 4.79 Å². The largest absolute Gasteiger partial charge is 0.390 e. The van der Waals surface area contributed by atoms with Crippen molar-refractivity contribution in [3.8, 4) is 0 Å². The van der Waals surface area contributed by atoms with E-state index in [1.807, 2.05) is 12.1 Å². The van der Waals surface area contributed by atoms with Gasteiger partial charge in [-0.15, -0.1) is 0 Å². The van der Waals surface area contributed by atoms with Crippen LogP contribution in [0.25, 0.3) is 0 Å². The summed E-state index contributed by atoms with van der Waals surface area (Å²) in [5, 5.41) is 4.82. The molecule has 1 aliphatic carbocycles. The first-order valence-electron chi connectivity index (χ1n) is 10.2. The molecule has 1 atom stereocenters. The number of carbonyl (C=O) groups excluding carboxylic acids is 1. The highest BCUT2D eigenvalue weighted by molar-refractivity contribution is 6.30. The summed E-state index contributed by atoms with van der Waals surface area (Å²) in [4.78, 5) is 20.4. The Kier molecular flexibility index (Phi) is 6.32. The van der Waals surface area contributed by atoms with Gasteiger partial charge >= 0.3 is 0 Å². The van der Waals surface area contributed by atoms with Crippen molar-refractivity contribution in [1.29, 1.82) is 0 Å². The molecule has 0 saturated heterocycles. The number of carbonyl (C=O) groups is 1. The molecule has 1 fully saturated rings. The van der Waals surface area contributed by atoms with Gasteiger partial charge in [-0.2, -0.15) is 0 Å². The summed E-state index contributed by atoms with van der Waals surface area (Å²) in [5.74, 6) is -1.33. The Bertz CT molecular complexity index is 943. The van der Waals surface area contributed by atoms with Crippen molar-refractivity contribution >= 4 is 23.2 Å². The number of nitrogens with zero attached hydrogens (tertiary/aromatic N) is 2. The minimum Gasteiger partial charge on any atom is -0.390 e. The molecule has 1 aliphatic heterocycles. The molecule has 4 rings (SSSR count). The molecule has 1 unspecified atom stereocenters. The predicted octanol–water partition coefficient (Wildman–Crippen LogP) is 5.33. The zero-order valence-electron chi connectivity index (χ0n) is 16.5. The number of halogens is 3. The lowest BCUT2D eigenvalue weighted by Gasteiger charge is -2.27. The quantitative estimate of drug-likeness (QED) is 0.619. The molecule has 0 N–H and O–H groups in total. The van der Waals surface area contributed by atoms with Gasteiger partial charge in [-0.05, 0) is 36.6 Å². The third-order valence-electron chi connectivity index (χ3n) is 5.73. The van der Waals surface area contributed by atoms with E-state index < -0.39 is 11.6 Å². The van der Waals surface area contributed by atoms with Crippen molar-refractivity contribution in [1.82, 2.24) is 4.90 Å². The van der Waals surface area contributed by atoms with Gasteiger partial charge in [-0.1, -0.05) is 47.8 Å². The van der Waals surface area contributed by atoms with Crippen molar-refractivity contribution in [2.75, 3.05) is 6.54 Å². The van der Waals surface area contributed by atoms with E-state index in [-0.39, 0.29) is 24.5 Å². The lowest BCUT2D eigenvalue weighted by atomic mass is 10.0. The molecular formula is C23H23ClF2N2O2. The summed E-state index contributed by atoms with van der Waals surface area (Å²) in [6.45, 7) is 0.379. The summed E-state index contributed by atoms with van der Waals surface area (Å²) in [7, 11) is 0. The molecule has 4 nitrogen and oxygen atoms in total. The predicted molar refractivity (Wildman–Crippen MR) is 111 cm³/mol. The number of rotatable bonds is 6. The van der Waals surface area contributed by atoms with Gasteiger partial charge in [-0.25, -0.2) is 8.78 Å². The van der Waals surface area contributed by atoms with Gasteiger partial charge in [0, 0.05) is 35.5 Å². The maximum absolute atomic E-state index is 14.2. The highest BCUT2D eigenvalue weighted by Crippen LogP contribution is 2.28. The van der Waals surface area contributed by atoms with Gasteiger partial charge < -0.3 is 9.74 Å². The second-order valence-electron chi connectivity index (χ2n) is 7.91. The molecule has 0 radical (unpaired) electrons. The van der Waals surface area contributed by atoms with Crippen LogP contribution in [0.4, 0.5) is 8.78 Å². The van der Waals surface area contributed by atoms with E-state index in [0.29, 0.717) is 23.6 Å². The number of hydrogen-bond acceptors (Lipinski definition) is 3. The fraction of sp³-hybridized carbons (Fsp3) is 0.391. The summed E-state index contributed by atoms with van der Waals surface area (Å²) >= 11 is 5.94. The molecule has 0 bridgehead atoms. The van der Waals surface area contributed by atoms with Crippen LogP contribution in [-0.2, 0) is 16.2 Å². The van der Waals surface area contributed by atoms with Gasteiger partial charge in [0.2, 0.25) is 5.91 Å². The average molecular weight is 433 g/mol. The fourth-order valence-corrected chi connectivity index (χ4v) is 4.23. The first-order chi connectivity index (χ1) is 14.5. The molecule has 2 aliphatic rings. The number of amides is 1. The average Bonchev–Trinajstić information content (AvgIpc) is 3.42. The number of benzene rings is 2. The zero-order valence-corrected chi connectivity index (χ0v) is 17.2. The van der Waals surface area contributed by atoms with Crippen LogP contribution < -0.4 is 0 Å². The van der Waals surface area contributed by atoms with Crippen LogP contribution in [0, 0.1) is 17.6 Å². The SMILES string of the molecule is O=C(C1CCCC1)N(Cc1ccc(F)cc1F)CC1CC(c2ccc(Cl)cc2)=NO1. The van der Waals surface area contributed by atoms with E-state index >= 15 is 0 Å². The lowest BCUT2D eigenvalue weighted by molar-refractivity contribution is -0.137. The lowest BCUT2D eigenvalue weighted by Crippen LogP contribution is -2.40. The second kappa shape index (κ2) is 9.13. The third-order valence-corrected chi connectivity index (χ3v) is 5.98. The van der Waals surface area contributed by atoms with E-state index in [0.717, 1.165) is 43.0 Å². The van der Waals surface area contributed by atoms with Crippen molar-refractivity contribution in [2.24, 2.45) is 11.1 Å². The smallest absolute Gasteiger partial charge is 0.226 e. The Hall–Kier alpha value is -2.47. The molecule has 2 aromatic carbocycles. The van der Waals surface area contributed by atoms with Gasteiger partial charge in [0.05, 0.1) is 12.3 Å². The molecular weight excluding hydrogens is 410 g/mol. The highest BCUT2D eigenvalue weighted by atomic mass is 35.5. The fourth-order valence-electron chi connectivity index (χ4n) is 4.10. The van der Waals surface area contributed by atoms with Gasteiger partial charge in [0.1, 0.15) is 11.6 Å². The maximum atomic E-state index is 14.2. The number of hydrogen-bond donors (Lipinski definition) is 0. The molecule has 0 aromatic heterocycles. The first-order valence-corrected chi connectivity index (χ1v) is 10.6. The molecule has 30 heavy (non-hydrogen) atoms. The minimum atomic E-state index is -0.648. The van der Waals surface area contributed by atoms with Crippen molar-refractivity contribution < 1.29 is 18.4 Å². The van der Waals surface area contributed by atoms with Crippen LogP contribution in [0.3, 0.4) is 0 Å². The summed E-state index contributed by atoms with van der Waals surface area (Å²) in [5.41, 5.74) is 2.00. The Morgan fingerprint density at radius 3 is 2.57 bits per heavy atom. The Balaban J connectivity index is 1.47. The van der Waals surface area contributed by atoms with Crippen molar-refractivity contribution in [3.05, 3.63) is 70.2 Å². The Labute approximate surface area is 179 Å². The van der Waals surface area contributed by atoms with Gasteiger partial charge in [0.15, 0.2) is 6.10 Å². The normalized spacial score (nSPS) is 18.9. The standard InChI is InChI=1S/C23H23ClF2N2O2/c24-18-8-5-15(6-9-18)22-12-20(30-27-22)14-28(23(29)16-3-1-2-4-16)13-17-7-10-19(25)11-21(17)26/h5-11,16,20H,1-4,12-14H2. The molecule has 0 spiro atoms. The minimum absolute atomic E-state index is 0.000215. The zero-order chi connectivity index (χ0) is 21.1. The summed E-state index contributed by atoms with van der Waals surface area (Å²) in [6.07, 6.45) is 3.97. The molecule has 2 aromatic rings. The molecule has 158 valence electrons. The Morgan fingerprint density at radius 1 is 1.13 bits per heavy atom. The van der Waals surface area contributed by atoms with Crippen molar-refractivity contribution in [2.45, 2.75) is 44.8 Å². The third kappa shape index (κ3) is 4.81. The van der Waals surface area contributed by atoms with Gasteiger partial charge in [0.25, 0.3) is 0 Å². The van der Waals surface area contributed by atoms with E-state index in [1.54, 1.807) is 17.0 Å². The molecule has 1 amide bonds. The second-order valence-corrected chi connectivity index (χ2v) is 8.35. The van der Waals surface area contributed by atoms with Crippen LogP contribution in [-0.4, -0.2) is 29.2 Å². The molecule has 1 heterocycles. The van der Waals surface area contributed by atoms with E-state index in [4.69, 9.17) is 16.4 Å². The maximum Gasteiger partial charge on any atom is 0.226 e. The van der Waals surface area contributed by atoms with Crippen LogP contribution >= 0.6 is 11.6 Å². The summed E-state index contributed by atoms with van der Waals surface area (Å²) < 4.78 is 27.5. The van der Waals surface area contributed by atoms with Crippen LogP contribution in [0.1, 0.15) is 43.2 Å². The van der Waals surface area contributed by atoms with E-state index in [9.17, 15) is 13.6 Å². The first kappa shape index (κ1) is 20.8. The van der Waals surface area contributed by atoms with Crippen molar-refractivity contribution in [3.63, 3.8) is 0 Å². The van der Waals surface area contributed by atoms with Crippen LogP contribution in [0.15, 0.2) is 47.6 Å². The summed E-state index contributed by atoms with van der Waals surface area (Å²) in [6, 6.07) is 10.8. The highest BCUT2D eigenvalue weighted by Gasteiger charge is 2.32. The molecule has 1 saturated carbocycles. The monoisotopic (exact) mass is 432 g/mol. The van der Waals surface area contributed by atoms with E-state index in [2.05, 4.69) is 5.16 Å². The molecule has 7 heteroatoms. The van der Waals surface area contributed by atoms with E-state index in [1.165, 1.54) is 12.1 Å². The topological polar surface area (TPSA) is 41.9 Å². The number of oxime groups is 1.